The molecule has 9 nitrogen and oxygen atoms in total. The van der Waals surface area contributed by atoms with Crippen LogP contribution in [0.15, 0.2) is 24.3 Å². The number of rotatable bonds is 46. The third kappa shape index (κ3) is 34.6. The van der Waals surface area contributed by atoms with E-state index < -0.39 is 49.5 Å². The first-order chi connectivity index (χ1) is 30.8. The minimum absolute atomic E-state index is 0.175. The van der Waals surface area contributed by atoms with Gasteiger partial charge in [0.25, 0.3) is 0 Å². The van der Waals surface area contributed by atoms with E-state index >= 15 is 0 Å². The quantitative estimate of drug-likeness (QED) is 0.0261. The molecular formula is C54H103NO8. The number of amides is 1. The van der Waals surface area contributed by atoms with Gasteiger partial charge in [-0.1, -0.05) is 231 Å². The van der Waals surface area contributed by atoms with Crippen molar-refractivity contribution in [3.63, 3.8) is 0 Å². The van der Waals surface area contributed by atoms with E-state index in [1.54, 1.807) is 6.08 Å². The summed E-state index contributed by atoms with van der Waals surface area (Å²) in [6.45, 7) is 3.80. The van der Waals surface area contributed by atoms with E-state index in [0.717, 1.165) is 38.5 Å². The molecule has 1 amide bonds. The van der Waals surface area contributed by atoms with Crippen molar-refractivity contribution in [2.24, 2.45) is 0 Å². The largest absolute Gasteiger partial charge is 0.394 e. The van der Waals surface area contributed by atoms with Crippen molar-refractivity contribution in [2.45, 2.75) is 301 Å². The van der Waals surface area contributed by atoms with Crippen LogP contribution in [0.2, 0.25) is 0 Å². The van der Waals surface area contributed by atoms with E-state index in [4.69, 9.17) is 9.47 Å². The molecule has 0 bridgehead atoms. The predicted molar refractivity (Wildman–Crippen MR) is 263 cm³/mol. The van der Waals surface area contributed by atoms with Gasteiger partial charge in [0.2, 0.25) is 5.91 Å². The van der Waals surface area contributed by atoms with Crippen LogP contribution in [0.25, 0.3) is 0 Å². The Labute approximate surface area is 388 Å². The summed E-state index contributed by atoms with van der Waals surface area (Å²) >= 11 is 0. The van der Waals surface area contributed by atoms with Crippen LogP contribution in [0.1, 0.15) is 258 Å². The highest BCUT2D eigenvalue weighted by atomic mass is 16.7. The molecule has 0 saturated carbocycles. The van der Waals surface area contributed by atoms with E-state index in [-0.39, 0.29) is 12.5 Å². The SMILES string of the molecule is CCCCCCCCCC/C=C\CCCCCCCCCCCCCC(=O)NC(COC1OC(CO)C(O)C(O)C1O)C(O)/C=C/CCCCCCCCCCCCCCCCC. The van der Waals surface area contributed by atoms with Crippen molar-refractivity contribution in [3.8, 4) is 0 Å². The Morgan fingerprint density at radius 3 is 1.29 bits per heavy atom. The van der Waals surface area contributed by atoms with Crippen molar-refractivity contribution in [2.75, 3.05) is 13.2 Å². The van der Waals surface area contributed by atoms with Gasteiger partial charge in [-0.15, -0.1) is 0 Å². The highest BCUT2D eigenvalue weighted by Crippen LogP contribution is 2.23. The maximum Gasteiger partial charge on any atom is 0.220 e. The lowest BCUT2D eigenvalue weighted by molar-refractivity contribution is -0.302. The maximum absolute atomic E-state index is 13.0. The molecule has 1 aliphatic rings. The molecule has 9 heteroatoms. The first-order valence-electron chi connectivity index (χ1n) is 27.1. The fourth-order valence-corrected chi connectivity index (χ4v) is 8.68. The fraction of sp³-hybridized carbons (Fsp3) is 0.907. The smallest absolute Gasteiger partial charge is 0.220 e. The Kier molecular flexibility index (Phi) is 42.2. The van der Waals surface area contributed by atoms with Gasteiger partial charge in [0.15, 0.2) is 6.29 Å². The average molecular weight is 894 g/mol. The third-order valence-corrected chi connectivity index (χ3v) is 13.0. The maximum atomic E-state index is 13.0. The second-order valence-corrected chi connectivity index (χ2v) is 19.0. The van der Waals surface area contributed by atoms with Gasteiger partial charge in [-0.2, -0.15) is 0 Å². The lowest BCUT2D eigenvalue weighted by Crippen LogP contribution is -2.60. The molecule has 1 heterocycles. The van der Waals surface area contributed by atoms with Crippen LogP contribution in [-0.4, -0.2) is 87.5 Å². The molecule has 0 spiro atoms. The standard InChI is InChI=1S/C54H103NO8/c1-3-5-7-9-11-13-15-17-19-21-22-23-24-25-26-28-30-32-34-36-38-40-42-44-50(58)55-47(46-62-54-53(61)52(60)51(59)49(45-56)63-54)48(57)43-41-39-37-35-33-31-29-27-20-18-16-14-12-10-8-6-4-2/h21-22,41,43,47-49,51-54,56-57,59-61H,3-20,23-40,42,44-46H2,1-2H3,(H,55,58)/b22-21-,43-41+. The molecule has 7 unspecified atom stereocenters. The molecule has 0 radical (unpaired) electrons. The molecule has 63 heavy (non-hydrogen) atoms. The van der Waals surface area contributed by atoms with Crippen LogP contribution in [0, 0.1) is 0 Å². The van der Waals surface area contributed by atoms with Crippen LogP contribution in [0.5, 0.6) is 0 Å². The monoisotopic (exact) mass is 894 g/mol. The average Bonchev–Trinajstić information content (AvgIpc) is 3.28. The lowest BCUT2D eigenvalue weighted by atomic mass is 9.99. The number of carbonyl (C=O) groups is 1. The first-order valence-corrected chi connectivity index (χ1v) is 27.1. The number of hydrogen-bond acceptors (Lipinski definition) is 8. The van der Waals surface area contributed by atoms with Gasteiger partial charge >= 0.3 is 0 Å². The molecule has 0 aromatic carbocycles. The summed E-state index contributed by atoms with van der Waals surface area (Å²) in [6, 6.07) is -0.803. The summed E-state index contributed by atoms with van der Waals surface area (Å²) in [4.78, 5) is 13.0. The van der Waals surface area contributed by atoms with E-state index in [0.29, 0.717) is 6.42 Å². The third-order valence-electron chi connectivity index (χ3n) is 13.0. The highest BCUT2D eigenvalue weighted by molar-refractivity contribution is 5.76. The van der Waals surface area contributed by atoms with Gasteiger partial charge in [0.1, 0.15) is 24.4 Å². The fourth-order valence-electron chi connectivity index (χ4n) is 8.68. The second-order valence-electron chi connectivity index (χ2n) is 19.0. The molecular weight excluding hydrogens is 791 g/mol. The molecule has 1 fully saturated rings. The number of unbranched alkanes of at least 4 members (excludes halogenated alkanes) is 34. The zero-order chi connectivity index (χ0) is 45.9. The molecule has 1 aliphatic heterocycles. The normalized spacial score (nSPS) is 20.3. The van der Waals surface area contributed by atoms with Gasteiger partial charge in [0, 0.05) is 6.42 Å². The molecule has 7 atom stereocenters. The summed E-state index contributed by atoms with van der Waals surface area (Å²) in [6.07, 6.45) is 48.0. The molecule has 0 aromatic heterocycles. The van der Waals surface area contributed by atoms with Crippen LogP contribution in [0.3, 0.4) is 0 Å². The number of aliphatic hydroxyl groups excluding tert-OH is 5. The molecule has 1 rings (SSSR count). The first kappa shape index (κ1) is 59.7. The number of ether oxygens (including phenoxy) is 2. The van der Waals surface area contributed by atoms with Crippen molar-refractivity contribution in [1.29, 1.82) is 0 Å². The van der Waals surface area contributed by atoms with Crippen molar-refractivity contribution >= 4 is 5.91 Å². The van der Waals surface area contributed by atoms with E-state index in [2.05, 4.69) is 31.3 Å². The van der Waals surface area contributed by atoms with Crippen LogP contribution in [-0.2, 0) is 14.3 Å². The predicted octanol–water partition coefficient (Wildman–Crippen LogP) is 12.6. The number of aliphatic hydroxyl groups is 5. The summed E-state index contributed by atoms with van der Waals surface area (Å²) in [5.74, 6) is -0.175. The van der Waals surface area contributed by atoms with Gasteiger partial charge < -0.3 is 40.3 Å². The molecule has 372 valence electrons. The Balaban J connectivity index is 2.25. The van der Waals surface area contributed by atoms with Gasteiger partial charge in [-0.25, -0.2) is 0 Å². The number of nitrogens with one attached hydrogen (secondary N) is 1. The van der Waals surface area contributed by atoms with Crippen molar-refractivity contribution in [1.82, 2.24) is 5.32 Å². The van der Waals surface area contributed by atoms with Crippen molar-refractivity contribution < 1.29 is 39.8 Å². The van der Waals surface area contributed by atoms with Crippen LogP contribution in [0.4, 0.5) is 0 Å². The highest BCUT2D eigenvalue weighted by Gasteiger charge is 2.44. The number of hydrogen-bond donors (Lipinski definition) is 6. The molecule has 0 aromatic rings. The zero-order valence-corrected chi connectivity index (χ0v) is 41.1. The van der Waals surface area contributed by atoms with E-state index in [1.165, 1.54) is 199 Å². The number of allylic oxidation sites excluding steroid dienone is 3. The lowest BCUT2D eigenvalue weighted by Gasteiger charge is -2.40. The summed E-state index contributed by atoms with van der Waals surface area (Å²) in [5, 5.41) is 54.4. The topological polar surface area (TPSA) is 149 Å². The Bertz CT molecular complexity index is 1040. The van der Waals surface area contributed by atoms with Crippen molar-refractivity contribution in [3.05, 3.63) is 24.3 Å². The molecule has 1 saturated heterocycles. The summed E-state index contributed by atoms with van der Waals surface area (Å²) < 4.78 is 11.3. The van der Waals surface area contributed by atoms with Crippen LogP contribution >= 0.6 is 0 Å². The van der Waals surface area contributed by atoms with E-state index in [1.807, 2.05) is 6.08 Å². The molecule has 0 aliphatic carbocycles. The van der Waals surface area contributed by atoms with Gasteiger partial charge in [-0.3, -0.25) is 4.79 Å². The Morgan fingerprint density at radius 2 is 0.889 bits per heavy atom. The summed E-state index contributed by atoms with van der Waals surface area (Å²) in [7, 11) is 0. The minimum Gasteiger partial charge on any atom is -0.394 e. The van der Waals surface area contributed by atoms with Gasteiger partial charge in [-0.05, 0) is 44.9 Å². The summed E-state index contributed by atoms with van der Waals surface area (Å²) in [5.41, 5.74) is 0. The number of carbonyl (C=O) groups excluding carboxylic acids is 1. The zero-order valence-electron chi connectivity index (χ0n) is 41.1. The van der Waals surface area contributed by atoms with Crippen LogP contribution < -0.4 is 5.32 Å². The molecule has 6 N–H and O–H groups in total. The minimum atomic E-state index is -1.56. The van der Waals surface area contributed by atoms with E-state index in [9.17, 15) is 30.3 Å². The second kappa shape index (κ2) is 44.5. The Hall–Kier alpha value is -1.33. The Morgan fingerprint density at radius 1 is 0.524 bits per heavy atom. The van der Waals surface area contributed by atoms with Gasteiger partial charge in [0.05, 0.1) is 25.4 Å².